The number of carboxylic acid groups (broad SMARTS) is 1. The van der Waals surface area contributed by atoms with Gasteiger partial charge in [-0.1, -0.05) is 11.6 Å². The minimum atomic E-state index is -1.08. The molecule has 0 aliphatic rings. The second-order valence-corrected chi connectivity index (χ2v) is 5.36. The summed E-state index contributed by atoms with van der Waals surface area (Å²) in [5, 5.41) is 9.85. The maximum Gasteiger partial charge on any atom is 0.337 e. The van der Waals surface area contributed by atoms with Crippen LogP contribution in [0.2, 0.25) is 5.02 Å². The van der Waals surface area contributed by atoms with Crippen molar-refractivity contribution in [2.45, 2.75) is 20.8 Å². The first-order chi connectivity index (χ1) is 9.79. The van der Waals surface area contributed by atoms with E-state index < -0.39 is 5.97 Å². The van der Waals surface area contributed by atoms with Crippen molar-refractivity contribution in [3.63, 3.8) is 0 Å². The molecule has 0 heterocycles. The second kappa shape index (κ2) is 5.66. The Labute approximate surface area is 128 Å². The smallest absolute Gasteiger partial charge is 0.337 e. The highest BCUT2D eigenvalue weighted by Gasteiger charge is 2.13. The third-order valence-corrected chi connectivity index (χ3v) is 3.83. The SMILES string of the molecule is Cc1cc(Oc2cc(C)c(Cl)c(C)c2)cc(C(=O)O)c1N. The van der Waals surface area contributed by atoms with Gasteiger partial charge in [0, 0.05) is 10.7 Å². The van der Waals surface area contributed by atoms with Gasteiger partial charge in [0.15, 0.2) is 0 Å². The fourth-order valence-corrected chi connectivity index (χ4v) is 2.21. The summed E-state index contributed by atoms with van der Waals surface area (Å²) < 4.78 is 5.74. The largest absolute Gasteiger partial charge is 0.478 e. The molecule has 0 amide bonds. The first-order valence-corrected chi connectivity index (χ1v) is 6.75. The van der Waals surface area contributed by atoms with Crippen molar-refractivity contribution < 1.29 is 14.6 Å². The van der Waals surface area contributed by atoms with Crippen LogP contribution in [0.1, 0.15) is 27.0 Å². The molecule has 21 heavy (non-hydrogen) atoms. The van der Waals surface area contributed by atoms with Gasteiger partial charge in [0.25, 0.3) is 0 Å². The van der Waals surface area contributed by atoms with E-state index in [1.54, 1.807) is 13.0 Å². The number of aromatic carboxylic acids is 1. The van der Waals surface area contributed by atoms with Crippen LogP contribution >= 0.6 is 11.6 Å². The van der Waals surface area contributed by atoms with Crippen molar-refractivity contribution in [3.8, 4) is 11.5 Å². The Kier molecular flexibility index (Phi) is 4.09. The monoisotopic (exact) mass is 305 g/mol. The Hall–Kier alpha value is -2.20. The van der Waals surface area contributed by atoms with E-state index in [1.165, 1.54) is 6.07 Å². The third-order valence-electron chi connectivity index (χ3n) is 3.24. The number of nitrogen functional groups attached to an aromatic ring is 1. The van der Waals surface area contributed by atoms with Gasteiger partial charge in [-0.05, 0) is 61.7 Å². The number of hydrogen-bond donors (Lipinski definition) is 2. The fraction of sp³-hybridized carbons (Fsp3) is 0.188. The molecule has 0 spiro atoms. The molecule has 0 aromatic heterocycles. The van der Waals surface area contributed by atoms with E-state index in [2.05, 4.69) is 0 Å². The second-order valence-electron chi connectivity index (χ2n) is 4.98. The molecule has 0 bridgehead atoms. The Balaban J connectivity index is 2.43. The minimum Gasteiger partial charge on any atom is -0.478 e. The number of nitrogens with two attached hydrogens (primary N) is 1. The zero-order valence-corrected chi connectivity index (χ0v) is 12.8. The van der Waals surface area contributed by atoms with E-state index in [-0.39, 0.29) is 11.3 Å². The van der Waals surface area contributed by atoms with Crippen LogP contribution in [0.3, 0.4) is 0 Å². The standard InChI is InChI=1S/C16H16ClNO3/c1-8-4-11(5-9(2)14(8)17)21-12-6-10(3)15(18)13(7-12)16(19)20/h4-7H,18H2,1-3H3,(H,19,20). The highest BCUT2D eigenvalue weighted by atomic mass is 35.5. The lowest BCUT2D eigenvalue weighted by molar-refractivity contribution is 0.0697. The zero-order chi connectivity index (χ0) is 15.7. The molecular formula is C16H16ClNO3. The van der Waals surface area contributed by atoms with Crippen LogP contribution in [0.5, 0.6) is 11.5 Å². The van der Waals surface area contributed by atoms with Crippen molar-refractivity contribution in [2.24, 2.45) is 0 Å². The molecule has 0 aliphatic heterocycles. The molecule has 2 rings (SSSR count). The fourth-order valence-electron chi connectivity index (χ4n) is 2.10. The van der Waals surface area contributed by atoms with Crippen LogP contribution in [0.15, 0.2) is 24.3 Å². The van der Waals surface area contributed by atoms with Crippen molar-refractivity contribution in [1.82, 2.24) is 0 Å². The van der Waals surface area contributed by atoms with Gasteiger partial charge in [0.1, 0.15) is 11.5 Å². The molecule has 2 aromatic carbocycles. The molecule has 0 saturated heterocycles. The van der Waals surface area contributed by atoms with E-state index in [0.29, 0.717) is 22.1 Å². The quantitative estimate of drug-likeness (QED) is 0.827. The Bertz CT molecular complexity index is 703. The lowest BCUT2D eigenvalue weighted by Crippen LogP contribution is -2.04. The normalized spacial score (nSPS) is 10.5. The topological polar surface area (TPSA) is 72.5 Å². The van der Waals surface area contributed by atoms with Gasteiger partial charge >= 0.3 is 5.97 Å². The lowest BCUT2D eigenvalue weighted by Gasteiger charge is -2.12. The lowest BCUT2D eigenvalue weighted by atomic mass is 10.1. The van der Waals surface area contributed by atoms with Crippen molar-refractivity contribution in [1.29, 1.82) is 0 Å². The van der Waals surface area contributed by atoms with E-state index in [4.69, 9.17) is 27.2 Å². The van der Waals surface area contributed by atoms with Crippen LogP contribution in [0, 0.1) is 20.8 Å². The highest BCUT2D eigenvalue weighted by Crippen LogP contribution is 2.31. The summed E-state index contributed by atoms with van der Waals surface area (Å²) in [6.45, 7) is 5.52. The highest BCUT2D eigenvalue weighted by molar-refractivity contribution is 6.32. The minimum absolute atomic E-state index is 0.0346. The molecule has 0 fully saturated rings. The Morgan fingerprint density at radius 2 is 1.52 bits per heavy atom. The third kappa shape index (κ3) is 3.11. The van der Waals surface area contributed by atoms with E-state index in [1.807, 2.05) is 26.0 Å². The molecule has 0 aliphatic carbocycles. The average molecular weight is 306 g/mol. The Morgan fingerprint density at radius 3 is 2.05 bits per heavy atom. The number of aryl methyl sites for hydroxylation is 3. The van der Waals surface area contributed by atoms with Crippen molar-refractivity contribution in [2.75, 3.05) is 5.73 Å². The number of benzene rings is 2. The summed E-state index contributed by atoms with van der Waals surface area (Å²) in [6.07, 6.45) is 0. The summed E-state index contributed by atoms with van der Waals surface area (Å²) >= 11 is 6.12. The average Bonchev–Trinajstić information content (AvgIpc) is 2.39. The molecule has 110 valence electrons. The van der Waals surface area contributed by atoms with Crippen LogP contribution in [-0.2, 0) is 0 Å². The van der Waals surface area contributed by atoms with Crippen molar-refractivity contribution >= 4 is 23.3 Å². The molecule has 5 heteroatoms. The molecule has 4 nitrogen and oxygen atoms in total. The van der Waals surface area contributed by atoms with Crippen LogP contribution in [-0.4, -0.2) is 11.1 Å². The van der Waals surface area contributed by atoms with Gasteiger partial charge in [-0.3, -0.25) is 0 Å². The maximum absolute atomic E-state index is 11.2. The molecule has 0 unspecified atom stereocenters. The number of carboxylic acids is 1. The number of ether oxygens (including phenoxy) is 1. The number of rotatable bonds is 3. The summed E-state index contributed by atoms with van der Waals surface area (Å²) in [5.41, 5.74) is 8.50. The Morgan fingerprint density at radius 1 is 1.05 bits per heavy atom. The molecule has 0 radical (unpaired) electrons. The molecular weight excluding hydrogens is 290 g/mol. The van der Waals surface area contributed by atoms with Crippen LogP contribution < -0.4 is 10.5 Å². The maximum atomic E-state index is 11.2. The van der Waals surface area contributed by atoms with Crippen LogP contribution in [0.25, 0.3) is 0 Å². The molecule has 0 saturated carbocycles. The molecule has 2 aromatic rings. The summed E-state index contributed by atoms with van der Waals surface area (Å²) in [6, 6.07) is 6.74. The van der Waals surface area contributed by atoms with Gasteiger partial charge in [0.05, 0.1) is 5.56 Å². The van der Waals surface area contributed by atoms with E-state index in [0.717, 1.165) is 11.1 Å². The van der Waals surface area contributed by atoms with Gasteiger partial charge in [-0.25, -0.2) is 4.79 Å². The van der Waals surface area contributed by atoms with E-state index in [9.17, 15) is 4.79 Å². The number of hydrogen-bond acceptors (Lipinski definition) is 3. The van der Waals surface area contributed by atoms with Gasteiger partial charge < -0.3 is 15.6 Å². The van der Waals surface area contributed by atoms with Crippen LogP contribution in [0.4, 0.5) is 5.69 Å². The predicted octanol–water partition coefficient (Wildman–Crippen LogP) is 4.34. The molecule has 3 N–H and O–H groups in total. The van der Waals surface area contributed by atoms with Gasteiger partial charge in [-0.15, -0.1) is 0 Å². The predicted molar refractivity (Wildman–Crippen MR) is 83.6 cm³/mol. The summed E-state index contributed by atoms with van der Waals surface area (Å²) in [7, 11) is 0. The molecule has 0 atom stereocenters. The first kappa shape index (κ1) is 15.2. The summed E-state index contributed by atoms with van der Waals surface area (Å²) in [4.78, 5) is 11.2. The summed E-state index contributed by atoms with van der Waals surface area (Å²) in [5.74, 6) is -0.0420. The van der Waals surface area contributed by atoms with Gasteiger partial charge in [-0.2, -0.15) is 0 Å². The number of anilines is 1. The van der Waals surface area contributed by atoms with Crippen molar-refractivity contribution in [3.05, 3.63) is 51.5 Å². The first-order valence-electron chi connectivity index (χ1n) is 6.37. The number of carbonyl (C=O) groups is 1. The van der Waals surface area contributed by atoms with E-state index >= 15 is 0 Å². The number of halogens is 1. The zero-order valence-electron chi connectivity index (χ0n) is 12.0. The van der Waals surface area contributed by atoms with Gasteiger partial charge in [0.2, 0.25) is 0 Å².